The second-order valence-electron chi connectivity index (χ2n) is 13.0. The molecule has 5 heterocycles. The van der Waals surface area contributed by atoms with Crippen LogP contribution in [0.5, 0.6) is 11.8 Å². The molecule has 2 N–H and O–H groups in total. The van der Waals surface area contributed by atoms with E-state index in [1.807, 2.05) is 0 Å². The highest BCUT2D eigenvalue weighted by Gasteiger charge is 2.50. The van der Waals surface area contributed by atoms with Crippen LogP contribution in [0.2, 0.25) is 0 Å². The number of halogens is 3. The van der Waals surface area contributed by atoms with E-state index in [1.165, 1.54) is 30.5 Å². The summed E-state index contributed by atoms with van der Waals surface area (Å²) in [5.74, 6) is 0.236. The van der Waals surface area contributed by atoms with Gasteiger partial charge >= 0.3 is 12.0 Å². The molecule has 0 radical (unpaired) electrons. The van der Waals surface area contributed by atoms with Crippen molar-refractivity contribution in [3.05, 3.63) is 47.7 Å². The number of benzene rings is 2. The van der Waals surface area contributed by atoms with Crippen LogP contribution < -0.4 is 9.64 Å². The predicted octanol–water partition coefficient (Wildman–Crippen LogP) is 5.65. The molecular formula is C35H34F3N5O4. The van der Waals surface area contributed by atoms with Crippen LogP contribution in [0.3, 0.4) is 0 Å². The summed E-state index contributed by atoms with van der Waals surface area (Å²) in [6.07, 6.45) is 8.51. The second kappa shape index (κ2) is 11.6. The Hall–Kier alpha value is -4.63. The number of pyridine rings is 1. The molecule has 9 nitrogen and oxygen atoms in total. The van der Waals surface area contributed by atoms with Crippen molar-refractivity contribution in [2.24, 2.45) is 5.41 Å². The van der Waals surface area contributed by atoms with Gasteiger partial charge in [-0.25, -0.2) is 13.2 Å². The first-order valence-electron chi connectivity index (χ1n) is 15.8. The average molecular weight is 646 g/mol. The molecule has 0 aliphatic carbocycles. The van der Waals surface area contributed by atoms with Gasteiger partial charge in [-0.1, -0.05) is 13.0 Å². The number of carboxylic acids is 1. The summed E-state index contributed by atoms with van der Waals surface area (Å²) in [5, 5.41) is 21.8. The van der Waals surface area contributed by atoms with Crippen molar-refractivity contribution < 1.29 is 32.9 Å². The van der Waals surface area contributed by atoms with E-state index in [0.717, 1.165) is 19.4 Å². The Balaban J connectivity index is 1.38. The van der Waals surface area contributed by atoms with Crippen molar-refractivity contribution in [2.75, 3.05) is 37.7 Å². The van der Waals surface area contributed by atoms with Gasteiger partial charge < -0.3 is 19.8 Å². The number of carbonyl (C=O) groups is 1. The molecule has 0 spiro atoms. The molecule has 244 valence electrons. The van der Waals surface area contributed by atoms with Gasteiger partial charge in [0.15, 0.2) is 5.82 Å². The third-order valence-electron chi connectivity index (χ3n) is 10.2. The Bertz CT molecular complexity index is 1970. The standard InChI is InChI=1S/C35H34F3N5O4/c1-3-8-34(32(45)46)10-12-42(18-34)31-25-16-39-29(24-14-22(44)13-20-6-7-26(37)23(4-2)27(20)24)28(38)30(25)40-33(41-31)47-19-35-9-5-11-43(35)17-21(36)15-35/h1,6-7,13-14,16,21,44H,4-5,8-12,15,17-19H2,2H3,(H,45,46)/t21-,34?,35+/m1/s1. The van der Waals surface area contributed by atoms with Crippen LogP contribution in [0.15, 0.2) is 30.5 Å². The van der Waals surface area contributed by atoms with Crippen molar-refractivity contribution in [3.63, 3.8) is 0 Å². The number of nitrogens with zero attached hydrogens (tertiary/aromatic N) is 5. The Labute approximate surface area is 269 Å². The summed E-state index contributed by atoms with van der Waals surface area (Å²) in [6.45, 7) is 3.28. The molecule has 0 saturated carbocycles. The molecule has 0 bridgehead atoms. The fourth-order valence-electron chi connectivity index (χ4n) is 7.84. The predicted molar refractivity (Wildman–Crippen MR) is 170 cm³/mol. The molecule has 2 aromatic heterocycles. The van der Waals surface area contributed by atoms with Gasteiger partial charge in [0.25, 0.3) is 0 Å². The number of alkyl halides is 1. The maximum atomic E-state index is 16.8. The van der Waals surface area contributed by atoms with Crippen molar-refractivity contribution >= 4 is 33.5 Å². The zero-order valence-corrected chi connectivity index (χ0v) is 25.9. The Kier molecular flexibility index (Phi) is 7.62. The van der Waals surface area contributed by atoms with E-state index in [9.17, 15) is 23.8 Å². The zero-order chi connectivity index (χ0) is 33.1. The van der Waals surface area contributed by atoms with E-state index in [1.54, 1.807) is 11.8 Å². The maximum Gasteiger partial charge on any atom is 0.319 e. The number of phenols is 1. The molecule has 3 atom stereocenters. The van der Waals surface area contributed by atoms with Gasteiger partial charge in [-0.15, -0.1) is 12.3 Å². The summed E-state index contributed by atoms with van der Waals surface area (Å²) in [7, 11) is 0. The first-order valence-corrected chi connectivity index (χ1v) is 15.8. The molecular weight excluding hydrogens is 611 g/mol. The Morgan fingerprint density at radius 2 is 2.04 bits per heavy atom. The minimum absolute atomic E-state index is 0.00557. The van der Waals surface area contributed by atoms with Gasteiger partial charge in [-0.2, -0.15) is 9.97 Å². The number of aliphatic carboxylic acids is 1. The summed E-state index contributed by atoms with van der Waals surface area (Å²) in [5.41, 5.74) is -1.48. The van der Waals surface area contributed by atoms with Crippen LogP contribution in [0.4, 0.5) is 19.0 Å². The molecule has 0 amide bonds. The monoisotopic (exact) mass is 645 g/mol. The van der Waals surface area contributed by atoms with Crippen LogP contribution >= 0.6 is 0 Å². The number of hydrogen-bond donors (Lipinski definition) is 2. The van der Waals surface area contributed by atoms with Crippen LogP contribution in [-0.2, 0) is 11.2 Å². The lowest BCUT2D eigenvalue weighted by molar-refractivity contribution is -0.147. The Morgan fingerprint density at radius 1 is 1.21 bits per heavy atom. The molecule has 3 aliphatic rings. The van der Waals surface area contributed by atoms with Gasteiger partial charge in [0.1, 0.15) is 41.4 Å². The summed E-state index contributed by atoms with van der Waals surface area (Å²) < 4.78 is 52.4. The topological polar surface area (TPSA) is 112 Å². The highest BCUT2D eigenvalue weighted by Crippen LogP contribution is 2.43. The number of rotatable bonds is 8. The molecule has 3 aliphatic heterocycles. The highest BCUT2D eigenvalue weighted by atomic mass is 19.1. The third kappa shape index (κ3) is 5.08. The van der Waals surface area contributed by atoms with E-state index < -0.39 is 34.7 Å². The number of carboxylic acid groups (broad SMARTS) is 1. The maximum absolute atomic E-state index is 16.8. The van der Waals surface area contributed by atoms with E-state index in [4.69, 9.17) is 11.2 Å². The number of terminal acetylenes is 1. The van der Waals surface area contributed by atoms with Crippen LogP contribution in [0.25, 0.3) is 32.9 Å². The minimum atomic E-state index is -1.22. The lowest BCUT2D eigenvalue weighted by Crippen LogP contribution is -2.43. The van der Waals surface area contributed by atoms with Gasteiger partial charge in [0.05, 0.1) is 16.3 Å². The normalized spacial score (nSPS) is 24.2. The van der Waals surface area contributed by atoms with E-state index >= 15 is 4.39 Å². The molecule has 12 heteroatoms. The smallest absolute Gasteiger partial charge is 0.319 e. The van der Waals surface area contributed by atoms with Gasteiger partial charge in [0, 0.05) is 44.2 Å². The number of anilines is 1. The third-order valence-corrected chi connectivity index (χ3v) is 10.2. The Morgan fingerprint density at radius 3 is 2.81 bits per heavy atom. The number of phenolic OH excluding ortho intramolecular Hbond substituents is 1. The molecule has 1 unspecified atom stereocenters. The fourth-order valence-corrected chi connectivity index (χ4v) is 7.84. The largest absolute Gasteiger partial charge is 0.508 e. The number of hydrogen-bond acceptors (Lipinski definition) is 8. The van der Waals surface area contributed by atoms with E-state index in [2.05, 4.69) is 25.8 Å². The van der Waals surface area contributed by atoms with Crippen molar-refractivity contribution in [3.8, 4) is 35.4 Å². The highest BCUT2D eigenvalue weighted by molar-refractivity contribution is 6.01. The number of aromatic hydroxyl groups is 1. The molecule has 3 fully saturated rings. The summed E-state index contributed by atoms with van der Waals surface area (Å²) in [6, 6.07) is 5.52. The van der Waals surface area contributed by atoms with Gasteiger partial charge in [-0.3, -0.25) is 14.7 Å². The lowest BCUT2D eigenvalue weighted by atomic mass is 9.84. The molecule has 47 heavy (non-hydrogen) atoms. The molecule has 4 aromatic rings. The zero-order valence-electron chi connectivity index (χ0n) is 25.9. The van der Waals surface area contributed by atoms with Crippen molar-refractivity contribution in [1.29, 1.82) is 0 Å². The quantitative estimate of drug-likeness (QED) is 0.235. The van der Waals surface area contributed by atoms with Crippen LogP contribution in [-0.4, -0.2) is 80.5 Å². The van der Waals surface area contributed by atoms with Gasteiger partial charge in [0.2, 0.25) is 0 Å². The first kappa shape index (κ1) is 31.0. The number of aryl methyl sites for hydroxylation is 1. The molecule has 3 saturated heterocycles. The van der Waals surface area contributed by atoms with Crippen LogP contribution in [0.1, 0.15) is 44.6 Å². The van der Waals surface area contributed by atoms with E-state index in [-0.39, 0.29) is 72.3 Å². The SMILES string of the molecule is C#CCC1(C(=O)O)CCN(c2nc(OC[C@@]34CCCN3C[C@H](F)C4)nc3c(F)c(-c4cc(O)cc5ccc(F)c(CC)c45)ncc23)C1. The minimum Gasteiger partial charge on any atom is -0.508 e. The fraction of sp³-hybridized carbons (Fsp3) is 0.429. The lowest BCUT2D eigenvalue weighted by Gasteiger charge is -2.31. The molecule has 2 aromatic carbocycles. The van der Waals surface area contributed by atoms with Crippen LogP contribution in [0, 0.1) is 29.4 Å². The number of fused-ring (bicyclic) bond motifs is 3. The summed E-state index contributed by atoms with van der Waals surface area (Å²) >= 11 is 0. The summed E-state index contributed by atoms with van der Waals surface area (Å²) in [4.78, 5) is 29.7. The van der Waals surface area contributed by atoms with Crippen molar-refractivity contribution in [2.45, 2.75) is 57.2 Å². The van der Waals surface area contributed by atoms with Crippen molar-refractivity contribution in [1.82, 2.24) is 19.9 Å². The van der Waals surface area contributed by atoms with Gasteiger partial charge in [-0.05, 0) is 66.8 Å². The second-order valence-corrected chi connectivity index (χ2v) is 13.0. The molecule has 7 rings (SSSR count). The average Bonchev–Trinajstić information content (AvgIpc) is 3.73. The van der Waals surface area contributed by atoms with E-state index in [0.29, 0.717) is 35.7 Å². The first-order chi connectivity index (χ1) is 22.6. The number of ether oxygens (including phenoxy) is 1. The number of aromatic nitrogens is 3.